The van der Waals surface area contributed by atoms with E-state index in [4.69, 9.17) is 4.52 Å². The SMILES string of the molecule is O=C(C(Cc1ccccc1)N1C(=O)c2ccccc2C1=O)N1CCc2c(noc2-c2ccc(F)cc2)C1. The number of fused-ring (bicyclic) bond motifs is 2. The summed E-state index contributed by atoms with van der Waals surface area (Å²) in [6, 6.07) is 21.0. The van der Waals surface area contributed by atoms with Crippen molar-refractivity contribution in [2.75, 3.05) is 6.54 Å². The van der Waals surface area contributed by atoms with E-state index in [-0.39, 0.29) is 24.7 Å². The molecule has 0 aliphatic carbocycles. The molecule has 2 aliphatic rings. The summed E-state index contributed by atoms with van der Waals surface area (Å²) in [5.41, 5.74) is 3.65. The molecule has 3 amide bonds. The Bertz CT molecular complexity index is 1480. The summed E-state index contributed by atoms with van der Waals surface area (Å²) >= 11 is 0. The molecule has 3 aromatic carbocycles. The van der Waals surface area contributed by atoms with E-state index >= 15 is 0 Å². The third-order valence-corrected chi connectivity index (χ3v) is 6.95. The molecule has 1 aromatic heterocycles. The van der Waals surface area contributed by atoms with Crippen molar-refractivity contribution in [1.29, 1.82) is 0 Å². The van der Waals surface area contributed by atoms with Gasteiger partial charge in [-0.1, -0.05) is 47.6 Å². The van der Waals surface area contributed by atoms with Crippen LogP contribution in [0.2, 0.25) is 0 Å². The van der Waals surface area contributed by atoms with Gasteiger partial charge in [-0.15, -0.1) is 0 Å². The largest absolute Gasteiger partial charge is 0.356 e. The number of imide groups is 1. The van der Waals surface area contributed by atoms with Crippen molar-refractivity contribution in [3.63, 3.8) is 0 Å². The zero-order valence-corrected chi connectivity index (χ0v) is 19.8. The molecule has 0 bridgehead atoms. The van der Waals surface area contributed by atoms with Crippen LogP contribution >= 0.6 is 0 Å². The lowest BCUT2D eigenvalue weighted by Crippen LogP contribution is -2.53. The Kier molecular flexibility index (Phi) is 5.64. The van der Waals surface area contributed by atoms with Gasteiger partial charge in [0.2, 0.25) is 5.91 Å². The molecule has 8 heteroatoms. The fraction of sp³-hybridized carbons (Fsp3) is 0.172. The lowest BCUT2D eigenvalue weighted by atomic mass is 9.98. The molecule has 6 rings (SSSR count). The molecule has 1 atom stereocenters. The van der Waals surface area contributed by atoms with Crippen LogP contribution in [0.5, 0.6) is 0 Å². The Labute approximate surface area is 212 Å². The molecule has 0 spiro atoms. The zero-order valence-electron chi connectivity index (χ0n) is 19.8. The summed E-state index contributed by atoms with van der Waals surface area (Å²) in [5.74, 6) is -1.04. The summed E-state index contributed by atoms with van der Waals surface area (Å²) in [6.45, 7) is 0.559. The van der Waals surface area contributed by atoms with Crippen LogP contribution < -0.4 is 0 Å². The molecule has 0 saturated carbocycles. The Morgan fingerprint density at radius 1 is 0.919 bits per heavy atom. The maximum atomic E-state index is 13.9. The van der Waals surface area contributed by atoms with Gasteiger partial charge < -0.3 is 9.42 Å². The van der Waals surface area contributed by atoms with Crippen LogP contribution in [0.25, 0.3) is 11.3 Å². The summed E-state index contributed by atoms with van der Waals surface area (Å²) in [6.07, 6.45) is 0.686. The van der Waals surface area contributed by atoms with E-state index in [0.29, 0.717) is 41.1 Å². The molecule has 3 heterocycles. The highest BCUT2D eigenvalue weighted by Crippen LogP contribution is 2.32. The first-order valence-electron chi connectivity index (χ1n) is 12.0. The number of carbonyl (C=O) groups is 3. The van der Waals surface area contributed by atoms with Crippen LogP contribution in [0.15, 0.2) is 83.4 Å². The fourth-order valence-electron chi connectivity index (χ4n) is 5.08. The van der Waals surface area contributed by atoms with E-state index < -0.39 is 17.9 Å². The number of aromatic nitrogens is 1. The van der Waals surface area contributed by atoms with E-state index in [1.165, 1.54) is 12.1 Å². The standard InChI is InChI=1S/C29H22FN3O4/c30-20-12-10-19(11-13-20)26-23-14-15-32(17-24(23)31-37-26)29(36)25(16-18-6-2-1-3-7-18)33-27(34)21-8-4-5-9-22(21)28(33)35/h1-13,25H,14-17H2. The third kappa shape index (κ3) is 4.00. The predicted octanol–water partition coefficient (Wildman–Crippen LogP) is 4.27. The lowest BCUT2D eigenvalue weighted by molar-refractivity contribution is -0.136. The average Bonchev–Trinajstić information content (AvgIpc) is 3.46. The first kappa shape index (κ1) is 22.8. The topological polar surface area (TPSA) is 83.7 Å². The van der Waals surface area contributed by atoms with E-state index in [9.17, 15) is 18.8 Å². The maximum Gasteiger partial charge on any atom is 0.262 e. The molecule has 4 aromatic rings. The van der Waals surface area contributed by atoms with Gasteiger partial charge in [0, 0.05) is 24.1 Å². The predicted molar refractivity (Wildman–Crippen MR) is 132 cm³/mol. The van der Waals surface area contributed by atoms with Gasteiger partial charge >= 0.3 is 0 Å². The van der Waals surface area contributed by atoms with Crippen LogP contribution in [0.4, 0.5) is 4.39 Å². The van der Waals surface area contributed by atoms with Crippen LogP contribution in [0.3, 0.4) is 0 Å². The number of carbonyl (C=O) groups excluding carboxylic acids is 3. The van der Waals surface area contributed by atoms with Gasteiger partial charge in [0.15, 0.2) is 5.76 Å². The van der Waals surface area contributed by atoms with Crippen LogP contribution in [0, 0.1) is 5.82 Å². The van der Waals surface area contributed by atoms with Gasteiger partial charge in [-0.2, -0.15) is 0 Å². The van der Waals surface area contributed by atoms with Gasteiger partial charge in [0.25, 0.3) is 11.8 Å². The highest BCUT2D eigenvalue weighted by Gasteiger charge is 2.44. The van der Waals surface area contributed by atoms with Crippen molar-refractivity contribution in [1.82, 2.24) is 15.0 Å². The molecule has 0 fully saturated rings. The minimum atomic E-state index is -1.00. The van der Waals surface area contributed by atoms with Crippen LogP contribution in [-0.4, -0.2) is 45.3 Å². The van der Waals surface area contributed by atoms with Gasteiger partial charge in [-0.3, -0.25) is 19.3 Å². The Hall–Kier alpha value is -4.59. The lowest BCUT2D eigenvalue weighted by Gasteiger charge is -2.33. The summed E-state index contributed by atoms with van der Waals surface area (Å²) in [7, 11) is 0. The van der Waals surface area contributed by atoms with Gasteiger partial charge in [-0.25, -0.2) is 4.39 Å². The van der Waals surface area contributed by atoms with Gasteiger partial charge in [0.1, 0.15) is 17.6 Å². The van der Waals surface area contributed by atoms with Crippen molar-refractivity contribution >= 4 is 17.7 Å². The quantitative estimate of drug-likeness (QED) is 0.386. The minimum Gasteiger partial charge on any atom is -0.356 e. The molecule has 7 nitrogen and oxygen atoms in total. The first-order chi connectivity index (χ1) is 18.0. The molecule has 2 aliphatic heterocycles. The second kappa shape index (κ2) is 9.13. The van der Waals surface area contributed by atoms with E-state index in [1.807, 2.05) is 30.3 Å². The summed E-state index contributed by atoms with van der Waals surface area (Å²) < 4.78 is 18.9. The number of rotatable bonds is 5. The second-order valence-corrected chi connectivity index (χ2v) is 9.19. The fourth-order valence-corrected chi connectivity index (χ4v) is 5.08. The highest BCUT2D eigenvalue weighted by molar-refractivity contribution is 6.22. The number of nitrogens with zero attached hydrogens (tertiary/aromatic N) is 3. The zero-order chi connectivity index (χ0) is 25.5. The van der Waals surface area contributed by atoms with Crippen LogP contribution in [0.1, 0.15) is 37.5 Å². The Morgan fingerprint density at radius 2 is 1.57 bits per heavy atom. The molecule has 0 saturated heterocycles. The molecule has 184 valence electrons. The van der Waals surface area contributed by atoms with E-state index in [2.05, 4.69) is 5.16 Å². The molecule has 0 radical (unpaired) electrons. The average molecular weight is 496 g/mol. The van der Waals surface area contributed by atoms with Crippen molar-refractivity contribution < 1.29 is 23.3 Å². The third-order valence-electron chi connectivity index (χ3n) is 6.95. The van der Waals surface area contributed by atoms with Crippen molar-refractivity contribution in [3.05, 3.63) is 113 Å². The molecular formula is C29H22FN3O4. The number of benzene rings is 3. The van der Waals surface area contributed by atoms with E-state index in [1.54, 1.807) is 41.3 Å². The summed E-state index contributed by atoms with van der Waals surface area (Å²) in [5, 5.41) is 4.18. The smallest absolute Gasteiger partial charge is 0.262 e. The molecule has 37 heavy (non-hydrogen) atoms. The first-order valence-corrected chi connectivity index (χ1v) is 12.0. The number of hydrogen-bond acceptors (Lipinski definition) is 5. The minimum absolute atomic E-state index is 0.188. The maximum absolute atomic E-state index is 13.9. The molecular weight excluding hydrogens is 473 g/mol. The van der Waals surface area contributed by atoms with Crippen LogP contribution in [-0.2, 0) is 24.2 Å². The number of halogens is 1. The Morgan fingerprint density at radius 3 is 2.24 bits per heavy atom. The number of hydrogen-bond donors (Lipinski definition) is 0. The number of amides is 3. The molecule has 0 N–H and O–H groups in total. The van der Waals surface area contributed by atoms with Gasteiger partial charge in [-0.05, 0) is 48.4 Å². The van der Waals surface area contributed by atoms with E-state index in [0.717, 1.165) is 16.0 Å². The van der Waals surface area contributed by atoms with Crippen molar-refractivity contribution in [2.24, 2.45) is 0 Å². The van der Waals surface area contributed by atoms with Crippen molar-refractivity contribution in [3.8, 4) is 11.3 Å². The Balaban J connectivity index is 1.30. The second-order valence-electron chi connectivity index (χ2n) is 9.19. The monoisotopic (exact) mass is 495 g/mol. The highest BCUT2D eigenvalue weighted by atomic mass is 19.1. The van der Waals surface area contributed by atoms with Crippen molar-refractivity contribution in [2.45, 2.75) is 25.4 Å². The normalized spacial score (nSPS) is 15.5. The summed E-state index contributed by atoms with van der Waals surface area (Å²) in [4.78, 5) is 43.2. The van der Waals surface area contributed by atoms with Gasteiger partial charge in [0.05, 0.1) is 17.7 Å². The molecule has 1 unspecified atom stereocenters.